The first kappa shape index (κ1) is 22.7. The summed E-state index contributed by atoms with van der Waals surface area (Å²) in [7, 11) is -1.91. The molecule has 0 saturated heterocycles. The molecule has 0 spiro atoms. The number of aryl methyl sites for hydroxylation is 1. The molecule has 158 valence electrons. The molecule has 0 aliphatic carbocycles. The van der Waals surface area contributed by atoms with Gasteiger partial charge in [0.1, 0.15) is 5.75 Å². The lowest BCUT2D eigenvalue weighted by molar-refractivity contribution is 0.0952. The number of carbonyl (C=O) groups is 1. The molecule has 1 N–H and O–H groups in total. The predicted octanol–water partition coefficient (Wildman–Crippen LogP) is 3.54. The molecule has 0 unspecified atom stereocenters. The largest absolute Gasteiger partial charge is 0.493 e. The minimum atomic E-state index is -3.39. The van der Waals surface area contributed by atoms with Crippen LogP contribution in [-0.4, -0.2) is 40.8 Å². The Morgan fingerprint density at radius 1 is 1.14 bits per heavy atom. The second kappa shape index (κ2) is 10.3. The Bertz CT molecular complexity index is 942. The van der Waals surface area contributed by atoms with Gasteiger partial charge in [-0.25, -0.2) is 8.42 Å². The zero-order valence-corrected chi connectivity index (χ0v) is 18.4. The van der Waals surface area contributed by atoms with E-state index in [1.54, 1.807) is 25.1 Å². The van der Waals surface area contributed by atoms with Crippen LogP contribution in [0.5, 0.6) is 5.75 Å². The van der Waals surface area contributed by atoms with E-state index in [1.165, 1.54) is 11.4 Å². The maximum Gasteiger partial charge on any atom is 0.251 e. The van der Waals surface area contributed by atoms with Gasteiger partial charge in [0.15, 0.2) is 0 Å². The molecular formula is C22H30N2O4S. The first-order valence-electron chi connectivity index (χ1n) is 9.78. The molecular weight excluding hydrogens is 388 g/mol. The van der Waals surface area contributed by atoms with E-state index in [4.69, 9.17) is 4.74 Å². The molecule has 2 rings (SSSR count). The first-order chi connectivity index (χ1) is 13.8. The van der Waals surface area contributed by atoms with E-state index >= 15 is 0 Å². The van der Waals surface area contributed by atoms with Gasteiger partial charge in [-0.2, -0.15) is 0 Å². The SMILES string of the molecule is CCCOc1ccccc1CCCNC(=O)c1cccc(N(C)S(C)(=O)=O)c1C. The monoisotopic (exact) mass is 418 g/mol. The van der Waals surface area contributed by atoms with Crippen LogP contribution in [0, 0.1) is 6.92 Å². The number of carbonyl (C=O) groups excluding carboxylic acids is 1. The fraction of sp³-hybridized carbons (Fsp3) is 0.409. The highest BCUT2D eigenvalue weighted by molar-refractivity contribution is 7.92. The molecule has 0 aliphatic rings. The highest BCUT2D eigenvalue weighted by atomic mass is 32.2. The molecule has 0 fully saturated rings. The molecule has 0 aromatic heterocycles. The van der Waals surface area contributed by atoms with E-state index in [2.05, 4.69) is 12.2 Å². The molecule has 0 atom stereocenters. The van der Waals surface area contributed by atoms with Gasteiger partial charge >= 0.3 is 0 Å². The summed E-state index contributed by atoms with van der Waals surface area (Å²) in [5.41, 5.74) is 2.74. The van der Waals surface area contributed by atoms with Gasteiger partial charge in [-0.1, -0.05) is 31.2 Å². The van der Waals surface area contributed by atoms with E-state index in [9.17, 15) is 13.2 Å². The fourth-order valence-corrected chi connectivity index (χ4v) is 3.58. The minimum Gasteiger partial charge on any atom is -0.493 e. The smallest absolute Gasteiger partial charge is 0.251 e. The number of nitrogens with one attached hydrogen (secondary N) is 1. The van der Waals surface area contributed by atoms with Gasteiger partial charge in [-0.15, -0.1) is 0 Å². The third-order valence-corrected chi connectivity index (χ3v) is 5.92. The summed E-state index contributed by atoms with van der Waals surface area (Å²) in [5, 5.41) is 2.93. The lowest BCUT2D eigenvalue weighted by Crippen LogP contribution is -2.28. The van der Waals surface area contributed by atoms with Gasteiger partial charge in [0.05, 0.1) is 18.6 Å². The normalized spacial score (nSPS) is 11.2. The number of sulfonamides is 1. The number of anilines is 1. The summed E-state index contributed by atoms with van der Waals surface area (Å²) >= 11 is 0. The van der Waals surface area contributed by atoms with Crippen molar-refractivity contribution in [2.24, 2.45) is 0 Å². The number of hydrogen-bond donors (Lipinski definition) is 1. The summed E-state index contributed by atoms with van der Waals surface area (Å²) in [4.78, 5) is 12.6. The van der Waals surface area contributed by atoms with E-state index in [1.807, 2.05) is 24.3 Å². The van der Waals surface area contributed by atoms with Gasteiger partial charge in [-0.3, -0.25) is 9.10 Å². The van der Waals surface area contributed by atoms with Crippen molar-refractivity contribution in [3.63, 3.8) is 0 Å². The van der Waals surface area contributed by atoms with Crippen molar-refractivity contribution in [2.75, 3.05) is 30.8 Å². The Balaban J connectivity index is 1.97. The summed E-state index contributed by atoms with van der Waals surface area (Å²) in [5.74, 6) is 0.690. The van der Waals surface area contributed by atoms with E-state index in [-0.39, 0.29) is 5.91 Å². The lowest BCUT2D eigenvalue weighted by Gasteiger charge is -2.20. The Hall–Kier alpha value is -2.54. The number of nitrogens with zero attached hydrogens (tertiary/aromatic N) is 1. The second-order valence-corrected chi connectivity index (χ2v) is 9.01. The van der Waals surface area contributed by atoms with Crippen LogP contribution in [0.25, 0.3) is 0 Å². The molecule has 1 amide bonds. The van der Waals surface area contributed by atoms with Crippen LogP contribution in [0.3, 0.4) is 0 Å². The van der Waals surface area contributed by atoms with Crippen molar-refractivity contribution in [1.29, 1.82) is 0 Å². The fourth-order valence-electron chi connectivity index (χ4n) is 3.03. The molecule has 2 aromatic carbocycles. The molecule has 2 aromatic rings. The maximum absolute atomic E-state index is 12.6. The van der Waals surface area contributed by atoms with Crippen LogP contribution >= 0.6 is 0 Å². The van der Waals surface area contributed by atoms with Crippen molar-refractivity contribution < 1.29 is 17.9 Å². The molecule has 29 heavy (non-hydrogen) atoms. The van der Waals surface area contributed by atoms with Crippen molar-refractivity contribution >= 4 is 21.6 Å². The third-order valence-electron chi connectivity index (χ3n) is 4.73. The average Bonchev–Trinajstić information content (AvgIpc) is 2.69. The standard InChI is InChI=1S/C22H30N2O4S/c1-5-16-28-21-14-7-6-10-18(21)11-9-15-23-22(25)19-12-8-13-20(17(19)2)24(3)29(4,26)27/h6-8,10,12-14H,5,9,11,15-16H2,1-4H3,(H,23,25). The predicted molar refractivity (Wildman–Crippen MR) is 117 cm³/mol. The van der Waals surface area contributed by atoms with Crippen LogP contribution in [-0.2, 0) is 16.4 Å². The zero-order valence-electron chi connectivity index (χ0n) is 17.6. The molecule has 0 bridgehead atoms. The Morgan fingerprint density at radius 2 is 1.86 bits per heavy atom. The highest BCUT2D eigenvalue weighted by Gasteiger charge is 2.18. The summed E-state index contributed by atoms with van der Waals surface area (Å²) in [6.07, 6.45) is 3.68. The van der Waals surface area contributed by atoms with Crippen LogP contribution < -0.4 is 14.4 Å². The molecule has 0 aliphatic heterocycles. The van der Waals surface area contributed by atoms with Crippen LogP contribution in [0.15, 0.2) is 42.5 Å². The van der Waals surface area contributed by atoms with Gasteiger partial charge in [0, 0.05) is 19.2 Å². The van der Waals surface area contributed by atoms with Gasteiger partial charge in [0.2, 0.25) is 10.0 Å². The quantitative estimate of drug-likeness (QED) is 0.599. The number of hydrogen-bond acceptors (Lipinski definition) is 4. The topological polar surface area (TPSA) is 75.7 Å². The van der Waals surface area contributed by atoms with Crippen molar-refractivity contribution in [3.8, 4) is 5.75 Å². The average molecular weight is 419 g/mol. The molecule has 0 radical (unpaired) electrons. The molecule has 6 nitrogen and oxygen atoms in total. The van der Waals surface area contributed by atoms with Crippen LogP contribution in [0.1, 0.15) is 41.3 Å². The molecule has 7 heteroatoms. The lowest BCUT2D eigenvalue weighted by atomic mass is 10.1. The van der Waals surface area contributed by atoms with Crippen molar-refractivity contribution in [2.45, 2.75) is 33.1 Å². The highest BCUT2D eigenvalue weighted by Crippen LogP contribution is 2.24. The van der Waals surface area contributed by atoms with Gasteiger partial charge < -0.3 is 10.1 Å². The van der Waals surface area contributed by atoms with E-state index in [0.29, 0.717) is 30.0 Å². The Labute approximate surface area is 173 Å². The Morgan fingerprint density at radius 3 is 2.55 bits per heavy atom. The van der Waals surface area contributed by atoms with E-state index in [0.717, 1.165) is 36.8 Å². The van der Waals surface area contributed by atoms with Gasteiger partial charge in [-0.05, 0) is 55.5 Å². The number of para-hydroxylation sites is 1. The zero-order chi connectivity index (χ0) is 21.4. The maximum atomic E-state index is 12.6. The van der Waals surface area contributed by atoms with Crippen molar-refractivity contribution in [1.82, 2.24) is 5.32 Å². The van der Waals surface area contributed by atoms with Crippen molar-refractivity contribution in [3.05, 3.63) is 59.2 Å². The van der Waals surface area contributed by atoms with Gasteiger partial charge in [0.25, 0.3) is 5.91 Å². The summed E-state index contributed by atoms with van der Waals surface area (Å²) in [6, 6.07) is 13.1. The Kier molecular flexibility index (Phi) is 8.08. The first-order valence-corrected chi connectivity index (χ1v) is 11.6. The number of rotatable bonds is 10. The molecule has 0 heterocycles. The number of ether oxygens (including phenoxy) is 1. The van der Waals surface area contributed by atoms with E-state index < -0.39 is 10.0 Å². The summed E-state index contributed by atoms with van der Waals surface area (Å²) in [6.45, 7) is 5.04. The minimum absolute atomic E-state index is 0.207. The second-order valence-electron chi connectivity index (χ2n) is 7.00. The third kappa shape index (κ3) is 6.22. The summed E-state index contributed by atoms with van der Waals surface area (Å²) < 4.78 is 30.6. The number of amides is 1. The number of benzene rings is 2. The van der Waals surface area contributed by atoms with Crippen LogP contribution in [0.2, 0.25) is 0 Å². The van der Waals surface area contributed by atoms with Crippen LogP contribution in [0.4, 0.5) is 5.69 Å². The molecule has 0 saturated carbocycles.